The van der Waals surface area contributed by atoms with Crippen molar-refractivity contribution < 1.29 is 14.3 Å². The molecule has 5 heteroatoms. The van der Waals surface area contributed by atoms with Crippen LogP contribution in [0.3, 0.4) is 0 Å². The third-order valence-electron chi connectivity index (χ3n) is 5.03. The molecule has 1 aliphatic heterocycles. The van der Waals surface area contributed by atoms with Gasteiger partial charge in [-0.2, -0.15) is 0 Å². The van der Waals surface area contributed by atoms with Crippen molar-refractivity contribution in [1.82, 2.24) is 0 Å². The molecule has 2 aromatic carbocycles. The minimum atomic E-state index is -0.623. The number of nitrogens with one attached hydrogen (secondary N) is 1. The van der Waals surface area contributed by atoms with Crippen LogP contribution in [0, 0.1) is 0 Å². The van der Waals surface area contributed by atoms with E-state index < -0.39 is 6.10 Å². The molecular formula is C23H28N2O3. The van der Waals surface area contributed by atoms with Crippen LogP contribution in [0.5, 0.6) is 5.75 Å². The van der Waals surface area contributed by atoms with E-state index in [1.54, 1.807) is 18.7 Å². The highest BCUT2D eigenvalue weighted by Crippen LogP contribution is 2.30. The van der Waals surface area contributed by atoms with E-state index in [0.717, 1.165) is 17.7 Å². The van der Waals surface area contributed by atoms with E-state index in [2.05, 4.69) is 26.1 Å². The third-order valence-corrected chi connectivity index (χ3v) is 5.03. The zero-order valence-corrected chi connectivity index (χ0v) is 17.2. The molecule has 2 amide bonds. The maximum absolute atomic E-state index is 12.5. The number of carbonyl (C=O) groups excluding carboxylic acids is 2. The van der Waals surface area contributed by atoms with Crippen LogP contribution < -0.4 is 15.0 Å². The second kappa shape index (κ2) is 7.66. The molecule has 0 saturated carbocycles. The Hall–Kier alpha value is -2.82. The standard InChI is InChI=1S/C23H28N2O3/c1-15(28-20-9-6-18(7-10-20)23(3,4)5)22(27)24-19-8-11-21-17(14-19)12-13-25(21)16(2)26/h6-11,14-15H,12-13H2,1-5H3,(H,24,27)/t15-/m0/s1. The molecule has 1 N–H and O–H groups in total. The molecule has 2 aromatic rings. The minimum Gasteiger partial charge on any atom is -0.481 e. The molecule has 0 fully saturated rings. The second-order valence-electron chi connectivity index (χ2n) is 8.29. The lowest BCUT2D eigenvalue weighted by atomic mass is 9.87. The molecule has 28 heavy (non-hydrogen) atoms. The molecule has 1 atom stereocenters. The van der Waals surface area contributed by atoms with Crippen LogP contribution in [-0.4, -0.2) is 24.5 Å². The Morgan fingerprint density at radius 3 is 2.39 bits per heavy atom. The summed E-state index contributed by atoms with van der Waals surface area (Å²) in [4.78, 5) is 25.9. The van der Waals surface area contributed by atoms with Gasteiger partial charge in [-0.3, -0.25) is 9.59 Å². The number of carbonyl (C=O) groups is 2. The molecule has 0 unspecified atom stereocenters. The van der Waals surface area contributed by atoms with Crippen LogP contribution in [0.4, 0.5) is 11.4 Å². The summed E-state index contributed by atoms with van der Waals surface area (Å²) in [7, 11) is 0. The number of anilines is 2. The quantitative estimate of drug-likeness (QED) is 0.860. The van der Waals surface area contributed by atoms with Gasteiger partial charge in [-0.25, -0.2) is 0 Å². The maximum atomic E-state index is 12.5. The predicted molar refractivity (Wildman–Crippen MR) is 112 cm³/mol. The topological polar surface area (TPSA) is 58.6 Å². The van der Waals surface area contributed by atoms with Crippen molar-refractivity contribution in [3.63, 3.8) is 0 Å². The Morgan fingerprint density at radius 2 is 1.79 bits per heavy atom. The molecule has 0 bridgehead atoms. The van der Waals surface area contributed by atoms with Gasteiger partial charge in [0.25, 0.3) is 5.91 Å². The molecule has 0 spiro atoms. The van der Waals surface area contributed by atoms with Crippen LogP contribution in [0.25, 0.3) is 0 Å². The fourth-order valence-electron chi connectivity index (χ4n) is 3.34. The summed E-state index contributed by atoms with van der Waals surface area (Å²) in [6.07, 6.45) is 0.174. The number of ether oxygens (including phenoxy) is 1. The first-order valence-corrected chi connectivity index (χ1v) is 9.64. The number of fused-ring (bicyclic) bond motifs is 1. The number of rotatable bonds is 4. The van der Waals surface area contributed by atoms with Gasteiger partial charge >= 0.3 is 0 Å². The molecule has 5 nitrogen and oxygen atoms in total. The molecular weight excluding hydrogens is 352 g/mol. The van der Waals surface area contributed by atoms with Crippen LogP contribution in [0.15, 0.2) is 42.5 Å². The molecule has 1 aliphatic rings. The summed E-state index contributed by atoms with van der Waals surface area (Å²) in [5, 5.41) is 2.90. The lowest BCUT2D eigenvalue weighted by Gasteiger charge is -2.20. The van der Waals surface area contributed by atoms with Gasteiger partial charge in [0, 0.05) is 24.8 Å². The largest absolute Gasteiger partial charge is 0.481 e. The number of benzene rings is 2. The van der Waals surface area contributed by atoms with E-state index in [0.29, 0.717) is 18.0 Å². The Kier molecular flexibility index (Phi) is 5.45. The number of hydrogen-bond acceptors (Lipinski definition) is 3. The fraction of sp³-hybridized carbons (Fsp3) is 0.391. The lowest BCUT2D eigenvalue weighted by molar-refractivity contribution is -0.122. The van der Waals surface area contributed by atoms with Gasteiger partial charge in [-0.05, 0) is 60.2 Å². The highest BCUT2D eigenvalue weighted by Gasteiger charge is 2.23. The first-order valence-electron chi connectivity index (χ1n) is 9.64. The molecule has 3 rings (SSSR count). The molecule has 0 aromatic heterocycles. The highest BCUT2D eigenvalue weighted by atomic mass is 16.5. The first kappa shape index (κ1) is 19.9. The molecule has 0 saturated heterocycles. The summed E-state index contributed by atoms with van der Waals surface area (Å²) in [5.74, 6) is 0.498. The van der Waals surface area contributed by atoms with Gasteiger partial charge in [-0.15, -0.1) is 0 Å². The van der Waals surface area contributed by atoms with Gasteiger partial charge in [-0.1, -0.05) is 32.9 Å². The number of nitrogens with zero attached hydrogens (tertiary/aromatic N) is 1. The van der Waals surface area contributed by atoms with Crippen LogP contribution in [0.2, 0.25) is 0 Å². The van der Waals surface area contributed by atoms with E-state index in [1.807, 2.05) is 42.5 Å². The highest BCUT2D eigenvalue weighted by molar-refractivity contribution is 5.96. The molecule has 0 aliphatic carbocycles. The first-order chi connectivity index (χ1) is 13.1. The zero-order chi connectivity index (χ0) is 20.5. The zero-order valence-electron chi connectivity index (χ0n) is 17.2. The molecule has 1 heterocycles. The maximum Gasteiger partial charge on any atom is 0.265 e. The summed E-state index contributed by atoms with van der Waals surface area (Å²) < 4.78 is 5.79. The minimum absolute atomic E-state index is 0.0371. The van der Waals surface area contributed by atoms with Gasteiger partial charge < -0.3 is 15.0 Å². The third kappa shape index (κ3) is 4.35. The van der Waals surface area contributed by atoms with Crippen molar-refractivity contribution in [2.45, 2.75) is 52.6 Å². The van der Waals surface area contributed by atoms with Crippen molar-refractivity contribution in [2.75, 3.05) is 16.8 Å². The lowest BCUT2D eigenvalue weighted by Crippen LogP contribution is -2.30. The van der Waals surface area contributed by atoms with Crippen molar-refractivity contribution in [3.8, 4) is 5.75 Å². The Morgan fingerprint density at radius 1 is 1.11 bits per heavy atom. The summed E-state index contributed by atoms with van der Waals surface area (Å²) in [6.45, 7) is 10.5. The fourth-order valence-corrected chi connectivity index (χ4v) is 3.34. The number of hydrogen-bond donors (Lipinski definition) is 1. The SMILES string of the molecule is CC(=O)N1CCc2cc(NC(=O)[C@H](C)Oc3ccc(C(C)(C)C)cc3)ccc21. The van der Waals surface area contributed by atoms with Crippen molar-refractivity contribution in [2.24, 2.45) is 0 Å². The van der Waals surface area contributed by atoms with E-state index in [4.69, 9.17) is 4.74 Å². The average Bonchev–Trinajstić information content (AvgIpc) is 3.04. The molecule has 148 valence electrons. The van der Waals surface area contributed by atoms with Gasteiger partial charge in [0.2, 0.25) is 5.91 Å². The van der Waals surface area contributed by atoms with E-state index in [9.17, 15) is 9.59 Å². The van der Waals surface area contributed by atoms with E-state index >= 15 is 0 Å². The Balaban J connectivity index is 1.63. The molecule has 0 radical (unpaired) electrons. The number of amides is 2. The average molecular weight is 380 g/mol. The monoisotopic (exact) mass is 380 g/mol. The van der Waals surface area contributed by atoms with Crippen LogP contribution in [-0.2, 0) is 21.4 Å². The Labute approximate surface area is 166 Å². The van der Waals surface area contributed by atoms with Crippen LogP contribution in [0.1, 0.15) is 45.7 Å². The second-order valence-corrected chi connectivity index (χ2v) is 8.29. The van der Waals surface area contributed by atoms with Gasteiger partial charge in [0.05, 0.1) is 0 Å². The van der Waals surface area contributed by atoms with E-state index in [1.165, 1.54) is 5.56 Å². The summed E-state index contributed by atoms with van der Waals surface area (Å²) in [6, 6.07) is 13.5. The van der Waals surface area contributed by atoms with Crippen LogP contribution >= 0.6 is 0 Å². The van der Waals surface area contributed by atoms with Gasteiger partial charge in [0.1, 0.15) is 5.75 Å². The van der Waals surface area contributed by atoms with E-state index in [-0.39, 0.29) is 17.2 Å². The smallest absolute Gasteiger partial charge is 0.265 e. The predicted octanol–water partition coefficient (Wildman–Crippen LogP) is 4.30. The van der Waals surface area contributed by atoms with Crippen molar-refractivity contribution >= 4 is 23.2 Å². The van der Waals surface area contributed by atoms with Crippen molar-refractivity contribution in [1.29, 1.82) is 0 Å². The summed E-state index contributed by atoms with van der Waals surface area (Å²) >= 11 is 0. The Bertz CT molecular complexity index is 882. The summed E-state index contributed by atoms with van der Waals surface area (Å²) in [5.41, 5.74) is 4.00. The normalized spacial score (nSPS) is 14.4. The van der Waals surface area contributed by atoms with Crippen molar-refractivity contribution in [3.05, 3.63) is 53.6 Å². The van der Waals surface area contributed by atoms with Gasteiger partial charge in [0.15, 0.2) is 6.10 Å².